The Morgan fingerprint density at radius 3 is 2.42 bits per heavy atom. The summed E-state index contributed by atoms with van der Waals surface area (Å²) in [5.41, 5.74) is 2.10. The van der Waals surface area contributed by atoms with Gasteiger partial charge in [-0.05, 0) is 48.2 Å². The maximum Gasteiger partial charge on any atom is 0.168 e. The fourth-order valence-electron chi connectivity index (χ4n) is 4.79. The predicted octanol–water partition coefficient (Wildman–Crippen LogP) is 3.86. The van der Waals surface area contributed by atoms with Crippen LogP contribution in [0.25, 0.3) is 0 Å². The normalized spacial score (nSPS) is 29.0. The summed E-state index contributed by atoms with van der Waals surface area (Å²) >= 11 is 0. The van der Waals surface area contributed by atoms with Crippen molar-refractivity contribution in [2.24, 2.45) is 5.92 Å². The van der Waals surface area contributed by atoms with Gasteiger partial charge in [0.25, 0.3) is 0 Å². The van der Waals surface area contributed by atoms with Crippen molar-refractivity contribution in [3.63, 3.8) is 0 Å². The maximum absolute atomic E-state index is 9.96. The van der Waals surface area contributed by atoms with E-state index in [2.05, 4.69) is 0 Å². The van der Waals surface area contributed by atoms with Crippen LogP contribution in [0.15, 0.2) is 42.5 Å². The molecule has 0 bridgehead atoms. The molecule has 5 heteroatoms. The zero-order valence-corrected chi connectivity index (χ0v) is 14.4. The van der Waals surface area contributed by atoms with E-state index in [1.165, 1.54) is 0 Å². The van der Waals surface area contributed by atoms with Crippen LogP contribution in [-0.2, 0) is 9.47 Å². The molecule has 0 aromatic heterocycles. The van der Waals surface area contributed by atoms with Gasteiger partial charge in [0.1, 0.15) is 23.4 Å². The van der Waals surface area contributed by atoms with Crippen molar-refractivity contribution in [3.8, 4) is 17.2 Å². The van der Waals surface area contributed by atoms with Gasteiger partial charge >= 0.3 is 0 Å². The van der Waals surface area contributed by atoms with Gasteiger partial charge in [-0.3, -0.25) is 0 Å². The van der Waals surface area contributed by atoms with Crippen molar-refractivity contribution in [2.75, 3.05) is 13.2 Å². The molecule has 5 nitrogen and oxygen atoms in total. The molecule has 136 valence electrons. The van der Waals surface area contributed by atoms with E-state index >= 15 is 0 Å². The zero-order valence-electron chi connectivity index (χ0n) is 14.4. The van der Waals surface area contributed by atoms with Gasteiger partial charge in [0.15, 0.2) is 5.79 Å². The fraction of sp³-hybridized carbons (Fsp3) is 0.429. The Bertz CT molecular complexity index is 810. The number of fused-ring (bicyclic) bond motifs is 3. The Morgan fingerprint density at radius 2 is 1.65 bits per heavy atom. The molecule has 2 aromatic carbocycles. The second-order valence-corrected chi connectivity index (χ2v) is 7.47. The van der Waals surface area contributed by atoms with Crippen molar-refractivity contribution in [1.29, 1.82) is 0 Å². The summed E-state index contributed by atoms with van der Waals surface area (Å²) < 4.78 is 18.3. The lowest BCUT2D eigenvalue weighted by Crippen LogP contribution is -2.44. The van der Waals surface area contributed by atoms with Gasteiger partial charge in [0.05, 0.1) is 13.2 Å². The molecule has 2 aliphatic heterocycles. The van der Waals surface area contributed by atoms with Crippen molar-refractivity contribution in [3.05, 3.63) is 53.6 Å². The van der Waals surface area contributed by atoms with Gasteiger partial charge in [-0.25, -0.2) is 0 Å². The van der Waals surface area contributed by atoms with Crippen molar-refractivity contribution < 1.29 is 24.4 Å². The molecule has 2 fully saturated rings. The second kappa shape index (κ2) is 5.89. The van der Waals surface area contributed by atoms with E-state index in [1.54, 1.807) is 18.2 Å². The molecule has 5 rings (SSSR count). The summed E-state index contributed by atoms with van der Waals surface area (Å²) in [4.78, 5) is 0. The van der Waals surface area contributed by atoms with Gasteiger partial charge in [-0.15, -0.1) is 0 Å². The van der Waals surface area contributed by atoms with E-state index in [0.717, 1.165) is 36.1 Å². The van der Waals surface area contributed by atoms with Gasteiger partial charge < -0.3 is 24.4 Å². The van der Waals surface area contributed by atoms with Crippen molar-refractivity contribution in [1.82, 2.24) is 0 Å². The van der Waals surface area contributed by atoms with Crippen LogP contribution >= 0.6 is 0 Å². The lowest BCUT2D eigenvalue weighted by atomic mass is 9.68. The molecule has 2 aromatic rings. The third kappa shape index (κ3) is 2.54. The zero-order chi connectivity index (χ0) is 17.7. The quantitative estimate of drug-likeness (QED) is 0.814. The number of ether oxygens (including phenoxy) is 3. The minimum absolute atomic E-state index is 0.136. The number of hydrogen-bond donors (Lipinski definition) is 2. The summed E-state index contributed by atoms with van der Waals surface area (Å²) in [7, 11) is 0. The highest BCUT2D eigenvalue weighted by molar-refractivity contribution is 5.45. The monoisotopic (exact) mass is 354 g/mol. The molecule has 2 heterocycles. The molecule has 1 saturated heterocycles. The first-order valence-electron chi connectivity index (χ1n) is 9.20. The molecule has 1 spiro atoms. The second-order valence-electron chi connectivity index (χ2n) is 7.47. The average Bonchev–Trinajstić information content (AvgIpc) is 3.09. The van der Waals surface area contributed by atoms with E-state index < -0.39 is 5.79 Å². The number of phenolic OH excluding ortho intramolecular Hbond substituents is 2. The van der Waals surface area contributed by atoms with Crippen molar-refractivity contribution >= 4 is 0 Å². The van der Waals surface area contributed by atoms with Gasteiger partial charge in [0.2, 0.25) is 0 Å². The van der Waals surface area contributed by atoms with Gasteiger partial charge in [-0.2, -0.15) is 0 Å². The molecule has 2 N–H and O–H groups in total. The lowest BCUT2D eigenvalue weighted by molar-refractivity contribution is -0.199. The Kier molecular flexibility index (Phi) is 3.62. The highest BCUT2D eigenvalue weighted by Crippen LogP contribution is 2.56. The van der Waals surface area contributed by atoms with Gasteiger partial charge in [-0.1, -0.05) is 12.1 Å². The molecule has 3 atom stereocenters. The van der Waals surface area contributed by atoms with Crippen LogP contribution in [0.1, 0.15) is 42.4 Å². The Hall–Kier alpha value is -2.24. The van der Waals surface area contributed by atoms with Crippen molar-refractivity contribution in [2.45, 2.75) is 37.1 Å². The number of phenols is 2. The van der Waals surface area contributed by atoms with Crippen LogP contribution in [0, 0.1) is 5.92 Å². The highest BCUT2D eigenvalue weighted by Gasteiger charge is 2.51. The molecular formula is C21H22O5. The first-order chi connectivity index (χ1) is 12.6. The molecule has 3 aliphatic rings. The largest absolute Gasteiger partial charge is 0.508 e. The minimum atomic E-state index is -0.506. The molecular weight excluding hydrogens is 332 g/mol. The van der Waals surface area contributed by atoms with Crippen LogP contribution in [0.2, 0.25) is 0 Å². The number of aromatic hydroxyl groups is 2. The summed E-state index contributed by atoms with van der Waals surface area (Å²) in [5, 5.41) is 19.6. The van der Waals surface area contributed by atoms with E-state index in [0.29, 0.717) is 13.2 Å². The van der Waals surface area contributed by atoms with Crippen LogP contribution < -0.4 is 4.74 Å². The van der Waals surface area contributed by atoms with Crippen LogP contribution in [0.4, 0.5) is 0 Å². The highest BCUT2D eigenvalue weighted by atomic mass is 16.7. The molecule has 0 amide bonds. The summed E-state index contributed by atoms with van der Waals surface area (Å²) in [6.45, 7) is 1.28. The first kappa shape index (κ1) is 16.0. The van der Waals surface area contributed by atoms with E-state index in [1.807, 2.05) is 24.3 Å². The third-order valence-corrected chi connectivity index (χ3v) is 5.97. The minimum Gasteiger partial charge on any atom is -0.508 e. The topological polar surface area (TPSA) is 68.2 Å². The van der Waals surface area contributed by atoms with E-state index in [-0.39, 0.29) is 29.4 Å². The SMILES string of the molecule is Oc1ccc([C@H]2Oc3ccc(O)cc3[C@H]3CCC4(C[C@H]32)OCCO4)cc1. The average molecular weight is 354 g/mol. The third-order valence-electron chi connectivity index (χ3n) is 5.97. The summed E-state index contributed by atoms with van der Waals surface area (Å²) in [5.74, 6) is 1.29. The Morgan fingerprint density at radius 1 is 0.923 bits per heavy atom. The lowest BCUT2D eigenvalue weighted by Gasteiger charge is -2.47. The number of hydrogen-bond acceptors (Lipinski definition) is 5. The first-order valence-corrected chi connectivity index (χ1v) is 9.20. The molecule has 1 aliphatic carbocycles. The summed E-state index contributed by atoms with van der Waals surface area (Å²) in [6.07, 6.45) is 2.41. The Balaban J connectivity index is 1.57. The van der Waals surface area contributed by atoms with Gasteiger partial charge in [0, 0.05) is 24.3 Å². The van der Waals surface area contributed by atoms with Crippen LogP contribution in [0.3, 0.4) is 0 Å². The molecule has 26 heavy (non-hydrogen) atoms. The maximum atomic E-state index is 9.96. The van der Waals surface area contributed by atoms with Crippen LogP contribution in [-0.4, -0.2) is 29.2 Å². The smallest absolute Gasteiger partial charge is 0.168 e. The standard InChI is InChI=1S/C21H22O5/c22-14-3-1-13(2-4-14)20-18-12-21(24-9-10-25-21)8-7-16(18)17-11-15(23)5-6-19(17)26-20/h1-6,11,16,18,20,22-23H,7-10,12H2/t16-,18-,20-/m1/s1. The fourth-order valence-corrected chi connectivity index (χ4v) is 4.79. The van der Waals surface area contributed by atoms with E-state index in [9.17, 15) is 10.2 Å². The summed E-state index contributed by atoms with van der Waals surface area (Å²) in [6, 6.07) is 12.6. The predicted molar refractivity (Wildman–Crippen MR) is 94.3 cm³/mol. The molecule has 0 radical (unpaired) electrons. The number of benzene rings is 2. The van der Waals surface area contributed by atoms with E-state index in [4.69, 9.17) is 14.2 Å². The molecule has 0 unspecified atom stereocenters. The molecule has 1 saturated carbocycles. The Labute approximate surface area is 152 Å². The number of rotatable bonds is 1. The van der Waals surface area contributed by atoms with Crippen LogP contribution in [0.5, 0.6) is 17.2 Å².